The van der Waals surface area contributed by atoms with Crippen LogP contribution in [-0.2, 0) is 6.54 Å². The molecule has 3 nitrogen and oxygen atoms in total. The molecule has 1 saturated carbocycles. The van der Waals surface area contributed by atoms with Gasteiger partial charge in [-0.1, -0.05) is 37.1 Å². The molecular weight excluding hydrogens is 248 g/mol. The third-order valence-corrected chi connectivity index (χ3v) is 4.32. The summed E-state index contributed by atoms with van der Waals surface area (Å²) < 4.78 is 0. The van der Waals surface area contributed by atoms with E-state index in [1.165, 1.54) is 36.6 Å². The lowest BCUT2D eigenvalue weighted by Crippen LogP contribution is -2.35. The second kappa shape index (κ2) is 6.33. The second-order valence-electron chi connectivity index (χ2n) is 5.62. The van der Waals surface area contributed by atoms with Crippen LogP contribution >= 0.6 is 0 Å². The highest BCUT2D eigenvalue weighted by molar-refractivity contribution is 5.81. The Morgan fingerprint density at radius 2 is 1.95 bits per heavy atom. The lowest BCUT2D eigenvalue weighted by Gasteiger charge is -2.28. The lowest BCUT2D eigenvalue weighted by molar-refractivity contribution is 0.145. The van der Waals surface area contributed by atoms with Crippen molar-refractivity contribution < 1.29 is 5.11 Å². The summed E-state index contributed by atoms with van der Waals surface area (Å²) in [6.45, 7) is 1.88. The summed E-state index contributed by atoms with van der Waals surface area (Å²) in [5, 5.41) is 10.5. The Morgan fingerprint density at radius 3 is 2.75 bits per heavy atom. The zero-order valence-corrected chi connectivity index (χ0v) is 11.8. The standard InChI is InChI=1S/C17H22N2O/c20-12-11-19(16-8-1-2-9-16)13-15-6-3-5-14-7-4-10-18-17(14)15/h3-7,10,16,20H,1-2,8-9,11-13H2. The van der Waals surface area contributed by atoms with Gasteiger partial charge in [0.1, 0.15) is 0 Å². The fraction of sp³-hybridized carbons (Fsp3) is 0.471. The summed E-state index contributed by atoms with van der Waals surface area (Å²) in [7, 11) is 0. The average molecular weight is 270 g/mol. The van der Waals surface area contributed by atoms with Crippen molar-refractivity contribution in [1.29, 1.82) is 0 Å². The number of nitrogens with zero attached hydrogens (tertiary/aromatic N) is 2. The van der Waals surface area contributed by atoms with Gasteiger partial charge in [0, 0.05) is 30.7 Å². The van der Waals surface area contributed by atoms with Crippen molar-refractivity contribution in [3.05, 3.63) is 42.1 Å². The lowest BCUT2D eigenvalue weighted by atomic mass is 10.1. The molecule has 1 aromatic heterocycles. The number of para-hydroxylation sites is 1. The molecule has 1 aliphatic carbocycles. The smallest absolute Gasteiger partial charge is 0.0746 e. The molecular formula is C17H22N2O. The molecule has 0 aliphatic heterocycles. The number of aliphatic hydroxyl groups is 1. The summed E-state index contributed by atoms with van der Waals surface area (Å²) in [6.07, 6.45) is 7.02. The van der Waals surface area contributed by atoms with Crippen molar-refractivity contribution in [1.82, 2.24) is 9.88 Å². The van der Waals surface area contributed by atoms with E-state index in [0.717, 1.165) is 18.6 Å². The topological polar surface area (TPSA) is 36.4 Å². The number of hydrogen-bond donors (Lipinski definition) is 1. The minimum absolute atomic E-state index is 0.231. The second-order valence-corrected chi connectivity index (χ2v) is 5.62. The largest absolute Gasteiger partial charge is 0.395 e. The Kier molecular flexibility index (Phi) is 4.28. The van der Waals surface area contributed by atoms with Crippen LogP contribution in [0.3, 0.4) is 0 Å². The van der Waals surface area contributed by atoms with Crippen LogP contribution in [0.4, 0.5) is 0 Å². The van der Waals surface area contributed by atoms with Gasteiger partial charge in [-0.05, 0) is 24.5 Å². The molecule has 0 unspecified atom stereocenters. The van der Waals surface area contributed by atoms with Crippen LogP contribution in [0.15, 0.2) is 36.5 Å². The van der Waals surface area contributed by atoms with Crippen LogP contribution < -0.4 is 0 Å². The molecule has 106 valence electrons. The van der Waals surface area contributed by atoms with Crippen molar-refractivity contribution in [2.75, 3.05) is 13.2 Å². The van der Waals surface area contributed by atoms with Crippen LogP contribution in [0.25, 0.3) is 10.9 Å². The number of hydrogen-bond acceptors (Lipinski definition) is 3. The van der Waals surface area contributed by atoms with Crippen molar-refractivity contribution in [3.63, 3.8) is 0 Å². The maximum absolute atomic E-state index is 9.33. The Labute approximate surface area is 120 Å². The zero-order chi connectivity index (χ0) is 13.8. The third kappa shape index (κ3) is 2.84. The number of benzene rings is 1. The van der Waals surface area contributed by atoms with Gasteiger partial charge in [-0.15, -0.1) is 0 Å². The molecule has 1 heterocycles. The molecule has 20 heavy (non-hydrogen) atoms. The minimum atomic E-state index is 0.231. The predicted molar refractivity (Wildman–Crippen MR) is 81.5 cm³/mol. The summed E-state index contributed by atoms with van der Waals surface area (Å²) in [6, 6.07) is 11.1. The van der Waals surface area contributed by atoms with Crippen molar-refractivity contribution >= 4 is 10.9 Å². The van der Waals surface area contributed by atoms with Gasteiger partial charge in [0.2, 0.25) is 0 Å². The van der Waals surface area contributed by atoms with Crippen LogP contribution in [0.5, 0.6) is 0 Å². The average Bonchev–Trinajstić information content (AvgIpc) is 3.01. The van der Waals surface area contributed by atoms with E-state index < -0.39 is 0 Å². The van der Waals surface area contributed by atoms with Gasteiger partial charge in [-0.2, -0.15) is 0 Å². The van der Waals surface area contributed by atoms with Gasteiger partial charge in [0.15, 0.2) is 0 Å². The number of pyridine rings is 1. The first-order chi connectivity index (χ1) is 9.88. The molecule has 0 saturated heterocycles. The molecule has 0 amide bonds. The van der Waals surface area contributed by atoms with E-state index in [2.05, 4.69) is 34.1 Å². The Bertz CT molecular complexity index is 558. The van der Waals surface area contributed by atoms with Crippen molar-refractivity contribution in [3.8, 4) is 0 Å². The maximum Gasteiger partial charge on any atom is 0.0746 e. The monoisotopic (exact) mass is 270 g/mol. The highest BCUT2D eigenvalue weighted by Gasteiger charge is 2.22. The normalized spacial score (nSPS) is 16.3. The molecule has 0 atom stereocenters. The first kappa shape index (κ1) is 13.5. The van der Waals surface area contributed by atoms with Gasteiger partial charge < -0.3 is 5.11 Å². The highest BCUT2D eigenvalue weighted by atomic mass is 16.3. The number of aliphatic hydroxyl groups excluding tert-OH is 1. The first-order valence-electron chi connectivity index (χ1n) is 7.56. The fourth-order valence-corrected chi connectivity index (χ4v) is 3.30. The Hall–Kier alpha value is -1.45. The number of rotatable bonds is 5. The van der Waals surface area contributed by atoms with E-state index in [0.29, 0.717) is 6.04 Å². The summed E-state index contributed by atoms with van der Waals surface area (Å²) >= 11 is 0. The molecule has 1 aliphatic rings. The molecule has 1 N–H and O–H groups in total. The van der Waals surface area contributed by atoms with Crippen LogP contribution in [0, 0.1) is 0 Å². The maximum atomic E-state index is 9.33. The van der Waals surface area contributed by atoms with Gasteiger partial charge in [0.25, 0.3) is 0 Å². The molecule has 3 heteroatoms. The van der Waals surface area contributed by atoms with Crippen molar-refractivity contribution in [2.45, 2.75) is 38.3 Å². The predicted octanol–water partition coefficient (Wildman–Crippen LogP) is 2.97. The van der Waals surface area contributed by atoms with Crippen molar-refractivity contribution in [2.24, 2.45) is 0 Å². The van der Waals surface area contributed by atoms with E-state index in [1.54, 1.807) is 0 Å². The molecule has 1 aromatic carbocycles. The van der Waals surface area contributed by atoms with E-state index in [1.807, 2.05) is 12.3 Å². The Balaban J connectivity index is 1.86. The summed E-state index contributed by atoms with van der Waals surface area (Å²) in [4.78, 5) is 6.96. The van der Waals surface area contributed by atoms with Crippen LogP contribution in [0.2, 0.25) is 0 Å². The zero-order valence-electron chi connectivity index (χ0n) is 11.8. The molecule has 3 rings (SSSR count). The quantitative estimate of drug-likeness (QED) is 0.907. The minimum Gasteiger partial charge on any atom is -0.395 e. The summed E-state index contributed by atoms with van der Waals surface area (Å²) in [5.74, 6) is 0. The first-order valence-corrected chi connectivity index (χ1v) is 7.56. The van der Waals surface area contributed by atoms with E-state index >= 15 is 0 Å². The van der Waals surface area contributed by atoms with Gasteiger partial charge in [0.05, 0.1) is 12.1 Å². The summed E-state index contributed by atoms with van der Waals surface area (Å²) in [5.41, 5.74) is 2.36. The number of aromatic nitrogens is 1. The van der Waals surface area contributed by atoms with Gasteiger partial charge >= 0.3 is 0 Å². The van der Waals surface area contributed by atoms with Gasteiger partial charge in [-0.25, -0.2) is 0 Å². The fourth-order valence-electron chi connectivity index (χ4n) is 3.30. The SMILES string of the molecule is OCCN(Cc1cccc2cccnc12)C1CCCC1. The molecule has 0 bridgehead atoms. The van der Waals surface area contributed by atoms with Crippen LogP contribution in [-0.4, -0.2) is 34.2 Å². The van der Waals surface area contributed by atoms with E-state index in [-0.39, 0.29) is 6.61 Å². The molecule has 0 spiro atoms. The van der Waals surface area contributed by atoms with Crippen LogP contribution in [0.1, 0.15) is 31.2 Å². The highest BCUT2D eigenvalue weighted by Crippen LogP contribution is 2.26. The third-order valence-electron chi connectivity index (χ3n) is 4.32. The van der Waals surface area contributed by atoms with Gasteiger partial charge in [-0.3, -0.25) is 9.88 Å². The molecule has 2 aromatic rings. The number of fused-ring (bicyclic) bond motifs is 1. The molecule has 1 fully saturated rings. The van der Waals surface area contributed by atoms with E-state index in [9.17, 15) is 5.11 Å². The van der Waals surface area contributed by atoms with E-state index in [4.69, 9.17) is 0 Å². The molecule has 0 radical (unpaired) electrons. The Morgan fingerprint density at radius 1 is 1.15 bits per heavy atom.